The van der Waals surface area contributed by atoms with Gasteiger partial charge >= 0.3 is 7.55 Å². The number of aromatic nitrogens is 1. The van der Waals surface area contributed by atoms with Crippen LogP contribution in [0.5, 0.6) is 11.5 Å². The van der Waals surface area contributed by atoms with Crippen molar-refractivity contribution >= 4 is 54.7 Å². The lowest BCUT2D eigenvalue weighted by Gasteiger charge is -2.19. The summed E-state index contributed by atoms with van der Waals surface area (Å²) in [5.41, 5.74) is 8.40. The summed E-state index contributed by atoms with van der Waals surface area (Å²) >= 11 is 5.63. The summed E-state index contributed by atoms with van der Waals surface area (Å²) in [6.07, 6.45) is 10.4. The molecule has 2 aliphatic heterocycles. The van der Waals surface area contributed by atoms with Gasteiger partial charge in [0.25, 0.3) is 0 Å². The van der Waals surface area contributed by atoms with Gasteiger partial charge in [-0.1, -0.05) is 24.3 Å². The Hall–Kier alpha value is -3.97. The van der Waals surface area contributed by atoms with Gasteiger partial charge in [0, 0.05) is 23.5 Å². The van der Waals surface area contributed by atoms with Crippen molar-refractivity contribution in [3.05, 3.63) is 94.5 Å². The molecule has 2 aromatic carbocycles. The molecule has 0 bridgehead atoms. The number of carbonyl (C=O) groups is 1. The second-order valence-corrected chi connectivity index (χ2v) is 8.97. The fourth-order valence-electron chi connectivity index (χ4n) is 4.65. The summed E-state index contributed by atoms with van der Waals surface area (Å²) in [4.78, 5) is 11.7. The van der Waals surface area contributed by atoms with E-state index in [2.05, 4.69) is 53.0 Å². The van der Waals surface area contributed by atoms with E-state index >= 15 is 0 Å². The molecule has 0 aliphatic carbocycles. The van der Waals surface area contributed by atoms with Crippen LogP contribution in [0.4, 0.5) is 5.69 Å². The standard InChI is InChI=1S/C29H27BClN3O3/c1-4-37-26-17-20(8-14-25(26)36-3)7-13-23-16-19(2)29-28(24-6-5-15-33(24)30-34(23)29)21-9-11-22(12-10-21)32-27(35)18-31/h5-17H,4,18H2,1-3H3,(H,32,35)/q+1. The van der Waals surface area contributed by atoms with Crippen LogP contribution in [-0.2, 0) is 4.79 Å². The molecular weight excluding hydrogens is 485 g/mol. The van der Waals surface area contributed by atoms with Crippen LogP contribution < -0.4 is 14.8 Å². The summed E-state index contributed by atoms with van der Waals surface area (Å²) in [5.74, 6) is 1.14. The third kappa shape index (κ3) is 4.87. The Morgan fingerprint density at radius 2 is 1.95 bits per heavy atom. The molecule has 1 amide bonds. The molecule has 0 unspecified atom stereocenters. The van der Waals surface area contributed by atoms with Crippen molar-refractivity contribution in [3.63, 3.8) is 0 Å². The first kappa shape index (κ1) is 24.7. The molecule has 6 nitrogen and oxygen atoms in total. The average Bonchev–Trinajstić information content (AvgIpc) is 3.51. The number of anilines is 1. The van der Waals surface area contributed by atoms with Crippen molar-refractivity contribution in [1.29, 1.82) is 0 Å². The number of nitrogens with one attached hydrogen (secondary N) is 1. The number of alkyl halides is 1. The smallest absolute Gasteiger partial charge is 0.493 e. The van der Waals surface area contributed by atoms with E-state index in [1.165, 1.54) is 5.56 Å². The van der Waals surface area contributed by atoms with Crippen molar-refractivity contribution in [2.24, 2.45) is 0 Å². The molecule has 1 aromatic heterocycles. The first-order valence-electron chi connectivity index (χ1n) is 12.1. The van der Waals surface area contributed by atoms with Gasteiger partial charge in [-0.15, -0.1) is 11.6 Å². The van der Waals surface area contributed by atoms with Crippen molar-refractivity contribution in [3.8, 4) is 11.5 Å². The largest absolute Gasteiger partial charge is 0.700 e. The molecule has 5 rings (SSSR count). The van der Waals surface area contributed by atoms with E-state index in [1.54, 1.807) is 7.11 Å². The van der Waals surface area contributed by atoms with Crippen molar-refractivity contribution in [2.45, 2.75) is 13.8 Å². The zero-order valence-electron chi connectivity index (χ0n) is 21.0. The lowest BCUT2D eigenvalue weighted by molar-refractivity contribution is -0.307. The van der Waals surface area contributed by atoms with Gasteiger partial charge < -0.3 is 19.3 Å². The SMILES string of the molecule is CCOc1cc(C=Cc2cc(C)c3n2[B][N+]2=CC=CC2=C3c2ccc(NC(=O)CCl)cc2)ccc1OC. The monoisotopic (exact) mass is 511 g/mol. The van der Waals surface area contributed by atoms with E-state index in [9.17, 15) is 4.79 Å². The topological polar surface area (TPSA) is 55.5 Å². The van der Waals surface area contributed by atoms with Gasteiger partial charge in [-0.2, -0.15) is 0 Å². The second-order valence-electron chi connectivity index (χ2n) is 8.70. The average molecular weight is 512 g/mol. The van der Waals surface area contributed by atoms with E-state index in [4.69, 9.17) is 21.1 Å². The zero-order valence-corrected chi connectivity index (χ0v) is 21.8. The van der Waals surface area contributed by atoms with Crippen molar-refractivity contribution in [2.75, 3.05) is 24.9 Å². The van der Waals surface area contributed by atoms with Crippen LogP contribution >= 0.6 is 11.6 Å². The lowest BCUT2D eigenvalue weighted by atomic mass is 9.91. The Balaban J connectivity index is 1.52. The maximum absolute atomic E-state index is 11.7. The molecule has 37 heavy (non-hydrogen) atoms. The number of hydrogen-bond acceptors (Lipinski definition) is 3. The van der Waals surface area contributed by atoms with Gasteiger partial charge in [0.05, 0.1) is 25.0 Å². The Kier molecular flexibility index (Phi) is 7.06. The Morgan fingerprint density at radius 3 is 2.68 bits per heavy atom. The van der Waals surface area contributed by atoms with Crippen LogP contribution in [0.25, 0.3) is 17.7 Å². The van der Waals surface area contributed by atoms with Crippen molar-refractivity contribution in [1.82, 2.24) is 4.48 Å². The number of nitrogens with zero attached hydrogens (tertiary/aromatic N) is 2. The number of carbonyl (C=O) groups excluding carboxylic acids is 1. The third-order valence-corrected chi connectivity index (χ3v) is 6.52. The normalized spacial score (nSPS) is 13.8. The molecule has 185 valence electrons. The quantitative estimate of drug-likeness (QED) is 0.327. The second kappa shape index (κ2) is 10.6. The summed E-state index contributed by atoms with van der Waals surface area (Å²) in [6.45, 7) is 4.66. The van der Waals surface area contributed by atoms with Gasteiger partial charge in [0.1, 0.15) is 12.1 Å². The molecule has 0 spiro atoms. The maximum atomic E-state index is 11.7. The first-order chi connectivity index (χ1) is 18.0. The Labute approximate surface area is 222 Å². The summed E-state index contributed by atoms with van der Waals surface area (Å²) in [5, 5.41) is 2.80. The molecule has 3 aromatic rings. The highest BCUT2D eigenvalue weighted by Crippen LogP contribution is 2.37. The fourth-order valence-corrected chi connectivity index (χ4v) is 4.71. The zero-order chi connectivity index (χ0) is 25.9. The number of fused-ring (bicyclic) bond motifs is 2. The van der Waals surface area contributed by atoms with Crippen LogP contribution in [0, 0.1) is 6.92 Å². The molecule has 2 aliphatic rings. The maximum Gasteiger partial charge on any atom is 0.700 e. The number of allylic oxidation sites excluding steroid dienone is 2. The summed E-state index contributed by atoms with van der Waals surface area (Å²) < 4.78 is 15.5. The minimum Gasteiger partial charge on any atom is -0.493 e. The first-order valence-corrected chi connectivity index (χ1v) is 12.6. The van der Waals surface area contributed by atoms with Gasteiger partial charge in [0.2, 0.25) is 5.91 Å². The number of benzene rings is 2. The van der Waals surface area contributed by atoms with Gasteiger partial charge in [-0.3, -0.25) is 9.28 Å². The van der Waals surface area contributed by atoms with Gasteiger partial charge in [-0.25, -0.2) is 0 Å². The number of aryl methyl sites for hydroxylation is 1. The molecule has 0 saturated heterocycles. The molecule has 0 fully saturated rings. The number of ether oxygens (including phenoxy) is 2. The van der Waals surface area contributed by atoms with Crippen LogP contribution in [0.2, 0.25) is 0 Å². The van der Waals surface area contributed by atoms with Crippen LogP contribution in [0.1, 0.15) is 35.0 Å². The summed E-state index contributed by atoms with van der Waals surface area (Å²) in [7, 11) is 3.75. The molecular formula is C29H27BClN3O3+. The minimum atomic E-state index is -0.227. The Bertz CT molecular complexity index is 1480. The lowest BCUT2D eigenvalue weighted by Crippen LogP contribution is -2.29. The van der Waals surface area contributed by atoms with Crippen LogP contribution in [0.15, 0.2) is 66.4 Å². The van der Waals surface area contributed by atoms with Crippen LogP contribution in [0.3, 0.4) is 0 Å². The molecule has 1 N–H and O–H groups in total. The fraction of sp³-hybridized carbons (Fsp3) is 0.172. The highest BCUT2D eigenvalue weighted by molar-refractivity contribution is 6.29. The predicted molar refractivity (Wildman–Crippen MR) is 151 cm³/mol. The molecule has 1 radical (unpaired) electrons. The highest BCUT2D eigenvalue weighted by Gasteiger charge is 2.36. The van der Waals surface area contributed by atoms with E-state index in [0.717, 1.165) is 51.0 Å². The Morgan fingerprint density at radius 1 is 1.14 bits per heavy atom. The number of amides is 1. The van der Waals surface area contributed by atoms with Crippen molar-refractivity contribution < 1.29 is 18.8 Å². The van der Waals surface area contributed by atoms with Gasteiger partial charge in [-0.05, 0) is 66.9 Å². The summed E-state index contributed by atoms with van der Waals surface area (Å²) in [6, 6.07) is 16.0. The number of rotatable bonds is 8. The van der Waals surface area contributed by atoms with E-state index in [0.29, 0.717) is 6.61 Å². The molecule has 3 heterocycles. The number of hydrogen-bond donors (Lipinski definition) is 1. The number of methoxy groups -OCH3 is 1. The predicted octanol–water partition coefficient (Wildman–Crippen LogP) is 5.36. The van der Waals surface area contributed by atoms with E-state index < -0.39 is 0 Å². The molecule has 8 heteroatoms. The highest BCUT2D eigenvalue weighted by atomic mass is 35.5. The van der Waals surface area contributed by atoms with Crippen LogP contribution in [-0.4, -0.2) is 48.2 Å². The number of halogens is 1. The molecule has 0 atom stereocenters. The van der Waals surface area contributed by atoms with Gasteiger partial charge in [0.15, 0.2) is 17.2 Å². The van der Waals surface area contributed by atoms with E-state index in [-0.39, 0.29) is 11.8 Å². The van der Waals surface area contributed by atoms with E-state index in [1.807, 2.05) is 61.7 Å². The minimum absolute atomic E-state index is 0.0745. The molecule has 0 saturated carbocycles. The third-order valence-electron chi connectivity index (χ3n) is 6.28.